The highest BCUT2D eigenvalue weighted by molar-refractivity contribution is 5.07. The molecule has 0 saturated heterocycles. The molecule has 0 aromatic carbocycles. The lowest BCUT2D eigenvalue weighted by molar-refractivity contribution is 0.284. The first-order valence-corrected chi connectivity index (χ1v) is 7.45. The molecule has 2 unspecified atom stereocenters. The van der Waals surface area contributed by atoms with Crippen LogP contribution in [-0.2, 0) is 6.54 Å². The Balaban J connectivity index is 2.09. The van der Waals surface area contributed by atoms with Crippen molar-refractivity contribution < 1.29 is 0 Å². The van der Waals surface area contributed by atoms with Gasteiger partial charge < -0.3 is 5.32 Å². The average Bonchev–Trinajstić information content (AvgIpc) is 2.85. The Labute approximate surface area is 110 Å². The summed E-state index contributed by atoms with van der Waals surface area (Å²) in [6, 6.07) is 0. The average molecular weight is 250 g/mol. The van der Waals surface area contributed by atoms with Gasteiger partial charge in [0.2, 0.25) is 0 Å². The summed E-state index contributed by atoms with van der Waals surface area (Å²) in [6.07, 6.45) is 8.49. The van der Waals surface area contributed by atoms with Gasteiger partial charge in [-0.3, -0.25) is 0 Å². The predicted octanol–water partition coefficient (Wildman–Crippen LogP) is 2.57. The van der Waals surface area contributed by atoms with Gasteiger partial charge in [-0.05, 0) is 38.3 Å². The Bertz CT molecular complexity index is 347. The van der Waals surface area contributed by atoms with Gasteiger partial charge in [-0.2, -0.15) is 0 Å². The predicted molar refractivity (Wildman–Crippen MR) is 73.6 cm³/mol. The van der Waals surface area contributed by atoms with Crippen molar-refractivity contribution in [1.82, 2.24) is 20.3 Å². The molecule has 1 aliphatic carbocycles. The second-order valence-electron chi connectivity index (χ2n) is 5.34. The van der Waals surface area contributed by atoms with Crippen LogP contribution < -0.4 is 5.32 Å². The summed E-state index contributed by atoms with van der Waals surface area (Å²) in [5.74, 6) is 1.41. The summed E-state index contributed by atoms with van der Waals surface area (Å²) >= 11 is 0. The number of hydrogen-bond donors (Lipinski definition) is 1. The number of nitrogens with zero attached hydrogens (tertiary/aromatic N) is 3. The molecule has 0 bridgehead atoms. The van der Waals surface area contributed by atoms with Crippen molar-refractivity contribution in [1.29, 1.82) is 0 Å². The summed E-state index contributed by atoms with van der Waals surface area (Å²) in [4.78, 5) is 0. The van der Waals surface area contributed by atoms with Gasteiger partial charge in [0.15, 0.2) is 0 Å². The van der Waals surface area contributed by atoms with Gasteiger partial charge >= 0.3 is 0 Å². The normalized spacial score (nSPS) is 24.3. The fourth-order valence-electron chi connectivity index (χ4n) is 3.11. The largest absolute Gasteiger partial charge is 0.317 e. The topological polar surface area (TPSA) is 42.7 Å². The third kappa shape index (κ3) is 3.10. The Morgan fingerprint density at radius 2 is 2.17 bits per heavy atom. The van der Waals surface area contributed by atoms with E-state index in [4.69, 9.17) is 0 Å². The van der Waals surface area contributed by atoms with Gasteiger partial charge in [0.05, 0.1) is 11.9 Å². The molecular formula is C14H26N4. The van der Waals surface area contributed by atoms with E-state index in [1.165, 1.54) is 31.4 Å². The molecule has 1 aromatic rings. The van der Waals surface area contributed by atoms with Crippen LogP contribution in [-0.4, -0.2) is 28.1 Å². The minimum absolute atomic E-state index is 0.652. The van der Waals surface area contributed by atoms with E-state index >= 15 is 0 Å². The highest BCUT2D eigenvalue weighted by atomic mass is 15.4. The van der Waals surface area contributed by atoms with Gasteiger partial charge in [0.1, 0.15) is 0 Å². The highest BCUT2D eigenvalue weighted by Gasteiger charge is 2.28. The van der Waals surface area contributed by atoms with Gasteiger partial charge in [-0.25, -0.2) is 4.68 Å². The summed E-state index contributed by atoms with van der Waals surface area (Å²) in [5, 5.41) is 11.9. The molecule has 2 atom stereocenters. The Morgan fingerprint density at radius 3 is 2.94 bits per heavy atom. The molecule has 1 saturated carbocycles. The second kappa shape index (κ2) is 6.88. The van der Waals surface area contributed by atoms with Crippen LogP contribution in [0.15, 0.2) is 6.20 Å². The number of aromatic nitrogens is 3. The van der Waals surface area contributed by atoms with Crippen molar-refractivity contribution in [3.05, 3.63) is 11.9 Å². The van der Waals surface area contributed by atoms with E-state index in [2.05, 4.69) is 34.2 Å². The van der Waals surface area contributed by atoms with Crippen LogP contribution in [0.25, 0.3) is 0 Å². The van der Waals surface area contributed by atoms with E-state index in [-0.39, 0.29) is 0 Å². The molecule has 1 aromatic heterocycles. The second-order valence-corrected chi connectivity index (χ2v) is 5.34. The zero-order chi connectivity index (χ0) is 12.8. The molecule has 0 radical (unpaired) electrons. The van der Waals surface area contributed by atoms with Gasteiger partial charge in [0.25, 0.3) is 0 Å². The molecule has 18 heavy (non-hydrogen) atoms. The van der Waals surface area contributed by atoms with E-state index in [0.717, 1.165) is 32.0 Å². The van der Waals surface area contributed by atoms with Crippen LogP contribution in [0, 0.1) is 5.92 Å². The molecule has 1 heterocycles. The third-order valence-electron chi connectivity index (χ3n) is 4.03. The lowest BCUT2D eigenvalue weighted by atomic mass is 9.77. The van der Waals surface area contributed by atoms with Crippen LogP contribution in [0.5, 0.6) is 0 Å². The Morgan fingerprint density at radius 1 is 1.33 bits per heavy atom. The fourth-order valence-corrected chi connectivity index (χ4v) is 3.11. The molecule has 0 amide bonds. The minimum Gasteiger partial charge on any atom is -0.317 e. The van der Waals surface area contributed by atoms with Crippen molar-refractivity contribution in [2.24, 2.45) is 5.92 Å². The number of nitrogens with one attached hydrogen (secondary N) is 1. The van der Waals surface area contributed by atoms with Crippen LogP contribution in [0.1, 0.15) is 57.6 Å². The standard InChI is InChI=1S/C14H26N4/c1-3-9-18-14(11-16-17-18)13-8-6-5-7-12(13)10-15-4-2/h11-13,15H,3-10H2,1-2H3. The first-order valence-electron chi connectivity index (χ1n) is 7.45. The van der Waals surface area contributed by atoms with Gasteiger partial charge in [-0.1, -0.05) is 31.9 Å². The number of hydrogen-bond acceptors (Lipinski definition) is 3. The van der Waals surface area contributed by atoms with Crippen molar-refractivity contribution >= 4 is 0 Å². The van der Waals surface area contributed by atoms with Crippen molar-refractivity contribution in [2.45, 2.75) is 58.4 Å². The summed E-state index contributed by atoms with van der Waals surface area (Å²) in [7, 11) is 0. The van der Waals surface area contributed by atoms with E-state index in [9.17, 15) is 0 Å². The molecule has 4 nitrogen and oxygen atoms in total. The van der Waals surface area contributed by atoms with Gasteiger partial charge in [-0.15, -0.1) is 5.10 Å². The SMILES string of the molecule is CCCn1nncc1C1CCCCC1CNCC. The van der Waals surface area contributed by atoms with Crippen LogP contribution in [0.2, 0.25) is 0 Å². The molecule has 0 aliphatic heterocycles. The van der Waals surface area contributed by atoms with Crippen LogP contribution in [0.4, 0.5) is 0 Å². The van der Waals surface area contributed by atoms with E-state index in [1.54, 1.807) is 0 Å². The maximum Gasteiger partial charge on any atom is 0.0728 e. The monoisotopic (exact) mass is 250 g/mol. The molecule has 2 rings (SSSR count). The Kier molecular flexibility index (Phi) is 5.17. The maximum atomic E-state index is 4.24. The molecular weight excluding hydrogens is 224 g/mol. The Hall–Kier alpha value is -0.900. The van der Waals surface area contributed by atoms with Gasteiger partial charge in [0, 0.05) is 12.5 Å². The van der Waals surface area contributed by atoms with Crippen molar-refractivity contribution in [3.8, 4) is 0 Å². The number of aryl methyl sites for hydroxylation is 1. The van der Waals surface area contributed by atoms with E-state index < -0.39 is 0 Å². The van der Waals surface area contributed by atoms with E-state index in [1.807, 2.05) is 6.20 Å². The van der Waals surface area contributed by atoms with E-state index in [0.29, 0.717) is 5.92 Å². The smallest absolute Gasteiger partial charge is 0.0728 e. The molecule has 102 valence electrons. The van der Waals surface area contributed by atoms with Crippen LogP contribution in [0.3, 0.4) is 0 Å². The minimum atomic E-state index is 0.652. The summed E-state index contributed by atoms with van der Waals surface area (Å²) in [5.41, 5.74) is 1.36. The quantitative estimate of drug-likeness (QED) is 0.844. The zero-order valence-electron chi connectivity index (χ0n) is 11.7. The molecule has 0 spiro atoms. The lowest BCUT2D eigenvalue weighted by Crippen LogP contribution is -2.30. The molecule has 1 aliphatic rings. The summed E-state index contributed by atoms with van der Waals surface area (Å²) < 4.78 is 2.12. The van der Waals surface area contributed by atoms with Crippen LogP contribution >= 0.6 is 0 Å². The maximum absolute atomic E-state index is 4.24. The fraction of sp³-hybridized carbons (Fsp3) is 0.857. The third-order valence-corrected chi connectivity index (χ3v) is 4.03. The number of rotatable bonds is 6. The summed E-state index contributed by atoms with van der Waals surface area (Å²) in [6.45, 7) is 7.58. The first kappa shape index (κ1) is 13.5. The molecule has 4 heteroatoms. The lowest BCUT2D eigenvalue weighted by Gasteiger charge is -2.31. The van der Waals surface area contributed by atoms with Crippen molar-refractivity contribution in [3.63, 3.8) is 0 Å². The molecule has 1 N–H and O–H groups in total. The zero-order valence-corrected chi connectivity index (χ0v) is 11.7. The van der Waals surface area contributed by atoms with Crippen molar-refractivity contribution in [2.75, 3.05) is 13.1 Å². The highest BCUT2D eigenvalue weighted by Crippen LogP contribution is 2.37. The first-order chi connectivity index (χ1) is 8.86. The molecule has 1 fully saturated rings.